The lowest BCUT2D eigenvalue weighted by molar-refractivity contribution is -0.127. The Labute approximate surface area is 204 Å². The summed E-state index contributed by atoms with van der Waals surface area (Å²) in [7, 11) is -3.63. The number of piperidine rings is 1. The van der Waals surface area contributed by atoms with E-state index in [9.17, 15) is 18.0 Å². The summed E-state index contributed by atoms with van der Waals surface area (Å²) in [6.07, 6.45) is 11.4. The second kappa shape index (κ2) is 11.2. The Morgan fingerprint density at radius 1 is 0.941 bits per heavy atom. The van der Waals surface area contributed by atoms with Gasteiger partial charge in [0, 0.05) is 43.7 Å². The molecule has 7 nitrogen and oxygen atoms in total. The first-order valence-electron chi connectivity index (χ1n) is 13.1. The lowest BCUT2D eigenvalue weighted by Crippen LogP contribution is -2.45. The largest absolute Gasteiger partial charge is 0.353 e. The van der Waals surface area contributed by atoms with Crippen molar-refractivity contribution in [1.82, 2.24) is 9.62 Å². The summed E-state index contributed by atoms with van der Waals surface area (Å²) >= 11 is 0. The van der Waals surface area contributed by atoms with Gasteiger partial charge in [-0.2, -0.15) is 4.31 Å². The number of fused-ring (bicyclic) bond motifs is 1. The standard InChI is InChI=1S/C26H39N3O4S/c1-2-25(30)29-16-8-9-21-19-23(12-13-24(21)29)34(32,33)28-17-14-20(15-18-28)26(31)27-22-10-6-4-3-5-7-11-22/h12-13,19-20,22H,2-11,14-18H2,1H3,(H,27,31). The van der Waals surface area contributed by atoms with Gasteiger partial charge >= 0.3 is 0 Å². The Bertz CT molecular complexity index is 978. The molecule has 0 spiro atoms. The minimum atomic E-state index is -3.63. The number of benzene rings is 1. The highest BCUT2D eigenvalue weighted by Gasteiger charge is 2.33. The first kappa shape index (κ1) is 25.2. The van der Waals surface area contributed by atoms with Crippen LogP contribution in [0.3, 0.4) is 0 Å². The number of sulfonamides is 1. The Hall–Kier alpha value is -1.93. The van der Waals surface area contributed by atoms with Crippen molar-refractivity contribution in [2.24, 2.45) is 5.92 Å². The van der Waals surface area contributed by atoms with E-state index in [4.69, 9.17) is 0 Å². The molecule has 2 amide bonds. The van der Waals surface area contributed by atoms with Crippen LogP contribution in [0.25, 0.3) is 0 Å². The quantitative estimate of drug-likeness (QED) is 0.677. The van der Waals surface area contributed by atoms with Crippen molar-refractivity contribution in [3.05, 3.63) is 23.8 Å². The van der Waals surface area contributed by atoms with Crippen molar-refractivity contribution in [1.29, 1.82) is 0 Å². The van der Waals surface area contributed by atoms with Crippen molar-refractivity contribution >= 4 is 27.5 Å². The molecule has 1 N–H and O–H groups in total. The number of anilines is 1. The predicted octanol–water partition coefficient (Wildman–Crippen LogP) is 4.01. The molecule has 0 radical (unpaired) electrons. The van der Waals surface area contributed by atoms with Gasteiger partial charge in [0.25, 0.3) is 0 Å². The fourth-order valence-electron chi connectivity index (χ4n) is 5.61. The number of amides is 2. The molecule has 1 saturated heterocycles. The fraction of sp³-hybridized carbons (Fsp3) is 0.692. The highest BCUT2D eigenvalue weighted by Crippen LogP contribution is 2.32. The SMILES string of the molecule is CCC(=O)N1CCCc2cc(S(=O)(=O)N3CCC(C(=O)NC4CCCCCCC4)CC3)ccc21. The molecule has 1 saturated carbocycles. The molecule has 1 aromatic rings. The molecule has 188 valence electrons. The maximum absolute atomic E-state index is 13.4. The molecule has 4 rings (SSSR count). The van der Waals surface area contributed by atoms with E-state index in [1.807, 2.05) is 6.92 Å². The van der Waals surface area contributed by atoms with Gasteiger partial charge in [-0.05, 0) is 62.3 Å². The summed E-state index contributed by atoms with van der Waals surface area (Å²) < 4.78 is 28.2. The van der Waals surface area contributed by atoms with Crippen LogP contribution in [0.1, 0.15) is 83.1 Å². The number of nitrogens with zero attached hydrogens (tertiary/aromatic N) is 2. The van der Waals surface area contributed by atoms with E-state index in [-0.39, 0.29) is 28.7 Å². The molecule has 2 aliphatic heterocycles. The molecular weight excluding hydrogens is 450 g/mol. The number of aryl methyl sites for hydroxylation is 1. The monoisotopic (exact) mass is 489 g/mol. The van der Waals surface area contributed by atoms with Crippen LogP contribution >= 0.6 is 0 Å². The average Bonchev–Trinajstić information content (AvgIpc) is 2.84. The Kier molecular flexibility index (Phi) is 8.30. The number of hydrogen-bond donors (Lipinski definition) is 1. The molecule has 2 heterocycles. The molecule has 1 aromatic carbocycles. The first-order chi connectivity index (χ1) is 16.4. The first-order valence-corrected chi connectivity index (χ1v) is 14.6. The van der Waals surface area contributed by atoms with Gasteiger partial charge in [0.2, 0.25) is 21.8 Å². The minimum absolute atomic E-state index is 0.0660. The second-order valence-electron chi connectivity index (χ2n) is 10.0. The third-order valence-electron chi connectivity index (χ3n) is 7.69. The number of carbonyl (C=O) groups is 2. The van der Waals surface area contributed by atoms with Crippen LogP contribution in [-0.2, 0) is 26.0 Å². The molecule has 0 atom stereocenters. The van der Waals surface area contributed by atoms with Gasteiger partial charge < -0.3 is 10.2 Å². The summed E-state index contributed by atoms with van der Waals surface area (Å²) in [5.74, 6) is 0.0439. The third kappa shape index (κ3) is 5.65. The van der Waals surface area contributed by atoms with Crippen LogP contribution in [0.2, 0.25) is 0 Å². The molecule has 0 bridgehead atoms. The van der Waals surface area contributed by atoms with Crippen molar-refractivity contribution < 1.29 is 18.0 Å². The highest BCUT2D eigenvalue weighted by molar-refractivity contribution is 7.89. The van der Waals surface area contributed by atoms with E-state index >= 15 is 0 Å². The maximum Gasteiger partial charge on any atom is 0.243 e. The zero-order valence-corrected chi connectivity index (χ0v) is 21.2. The summed E-state index contributed by atoms with van der Waals surface area (Å²) in [4.78, 5) is 27.2. The zero-order chi connectivity index (χ0) is 24.1. The van der Waals surface area contributed by atoms with E-state index in [2.05, 4.69) is 5.32 Å². The predicted molar refractivity (Wildman–Crippen MR) is 133 cm³/mol. The zero-order valence-electron chi connectivity index (χ0n) is 20.4. The molecule has 3 aliphatic rings. The number of hydrogen-bond acceptors (Lipinski definition) is 4. The molecule has 2 fully saturated rings. The van der Waals surface area contributed by atoms with Crippen LogP contribution in [0.15, 0.2) is 23.1 Å². The Morgan fingerprint density at radius 3 is 2.29 bits per heavy atom. The lowest BCUT2D eigenvalue weighted by Gasteiger charge is -2.33. The van der Waals surface area contributed by atoms with Crippen LogP contribution in [0.4, 0.5) is 5.69 Å². The number of rotatable bonds is 5. The summed E-state index contributed by atoms with van der Waals surface area (Å²) in [5, 5.41) is 3.25. The van der Waals surface area contributed by atoms with Gasteiger partial charge in [-0.25, -0.2) is 8.42 Å². The molecule has 0 unspecified atom stereocenters. The highest BCUT2D eigenvalue weighted by atomic mass is 32.2. The van der Waals surface area contributed by atoms with Gasteiger partial charge in [0.05, 0.1) is 4.90 Å². The van der Waals surface area contributed by atoms with E-state index in [1.54, 1.807) is 23.1 Å². The smallest absolute Gasteiger partial charge is 0.243 e. The van der Waals surface area contributed by atoms with Crippen molar-refractivity contribution in [3.8, 4) is 0 Å². The van der Waals surface area contributed by atoms with E-state index in [0.29, 0.717) is 38.9 Å². The van der Waals surface area contributed by atoms with Gasteiger partial charge in [-0.15, -0.1) is 0 Å². The number of carbonyl (C=O) groups excluding carboxylic acids is 2. The van der Waals surface area contributed by atoms with Gasteiger partial charge in [-0.1, -0.05) is 39.0 Å². The lowest BCUT2D eigenvalue weighted by atomic mass is 9.94. The summed E-state index contributed by atoms with van der Waals surface area (Å²) in [6, 6.07) is 5.42. The normalized spacial score (nSPS) is 21.4. The minimum Gasteiger partial charge on any atom is -0.353 e. The van der Waals surface area contributed by atoms with Crippen molar-refractivity contribution in [3.63, 3.8) is 0 Å². The van der Waals surface area contributed by atoms with Crippen molar-refractivity contribution in [2.75, 3.05) is 24.5 Å². The van der Waals surface area contributed by atoms with Crippen LogP contribution in [0, 0.1) is 5.92 Å². The van der Waals surface area contributed by atoms with Gasteiger partial charge in [-0.3, -0.25) is 9.59 Å². The third-order valence-corrected chi connectivity index (χ3v) is 9.58. The van der Waals surface area contributed by atoms with Crippen LogP contribution in [-0.4, -0.2) is 50.2 Å². The van der Waals surface area contributed by atoms with Gasteiger partial charge in [0.1, 0.15) is 0 Å². The topological polar surface area (TPSA) is 86.8 Å². The fourth-order valence-corrected chi connectivity index (χ4v) is 7.13. The average molecular weight is 490 g/mol. The summed E-state index contributed by atoms with van der Waals surface area (Å²) in [5.41, 5.74) is 1.75. The maximum atomic E-state index is 13.4. The van der Waals surface area contributed by atoms with E-state index in [0.717, 1.165) is 36.9 Å². The molecule has 1 aliphatic carbocycles. The molecule has 0 aromatic heterocycles. The second-order valence-corrected chi connectivity index (χ2v) is 12.0. The number of nitrogens with one attached hydrogen (secondary N) is 1. The van der Waals surface area contributed by atoms with E-state index < -0.39 is 10.0 Å². The van der Waals surface area contributed by atoms with Crippen molar-refractivity contribution in [2.45, 2.75) is 94.9 Å². The molecule has 8 heteroatoms. The van der Waals surface area contributed by atoms with Gasteiger partial charge in [0.15, 0.2) is 0 Å². The molecular formula is C26H39N3O4S. The van der Waals surface area contributed by atoms with Crippen LogP contribution in [0.5, 0.6) is 0 Å². The summed E-state index contributed by atoms with van der Waals surface area (Å²) in [6.45, 7) is 3.25. The van der Waals surface area contributed by atoms with Crippen LogP contribution < -0.4 is 10.2 Å². The Morgan fingerprint density at radius 2 is 1.62 bits per heavy atom. The molecule has 34 heavy (non-hydrogen) atoms. The van der Waals surface area contributed by atoms with E-state index in [1.165, 1.54) is 36.4 Å². The Balaban J connectivity index is 1.37.